The monoisotopic (exact) mass is 334 g/mol. The molecule has 1 aliphatic rings. The number of hydrogen-bond acceptors (Lipinski definition) is 6. The summed E-state index contributed by atoms with van der Waals surface area (Å²) in [5.74, 6) is 1.88. The van der Waals surface area contributed by atoms with E-state index in [2.05, 4.69) is 29.7 Å². The maximum atomic E-state index is 5.16. The largest absolute Gasteiger partial charge is 0.353 e. The maximum Gasteiger partial charge on any atom is 0.198 e. The maximum absolute atomic E-state index is 5.16. The van der Waals surface area contributed by atoms with Crippen molar-refractivity contribution < 1.29 is 0 Å². The minimum atomic E-state index is 0.532. The summed E-state index contributed by atoms with van der Waals surface area (Å²) in [4.78, 5) is 19.4. The molecule has 0 aliphatic carbocycles. The van der Waals surface area contributed by atoms with Gasteiger partial charge in [0.2, 0.25) is 0 Å². The Hall–Kier alpha value is -1.80. The summed E-state index contributed by atoms with van der Waals surface area (Å²) in [5, 5.41) is 0. The fourth-order valence-corrected chi connectivity index (χ4v) is 3.12. The molecule has 1 saturated heterocycles. The van der Waals surface area contributed by atoms with Gasteiger partial charge in [-0.05, 0) is 50.4 Å². The fraction of sp³-hybridized carbons (Fsp3) is 0.429. The number of aromatic nitrogens is 4. The number of aryl methyl sites for hydroxylation is 2. The van der Waals surface area contributed by atoms with Gasteiger partial charge in [0.1, 0.15) is 11.6 Å². The van der Waals surface area contributed by atoms with Crippen LogP contribution < -0.4 is 9.80 Å². The molecule has 22 heavy (non-hydrogen) atoms. The number of rotatable bonds is 2. The molecule has 1 aliphatic heterocycles. The number of anilines is 2. The minimum absolute atomic E-state index is 0.532. The van der Waals surface area contributed by atoms with Crippen LogP contribution in [0.3, 0.4) is 0 Å². The van der Waals surface area contributed by atoms with Gasteiger partial charge in [-0.1, -0.05) is 0 Å². The topological polar surface area (TPSA) is 63.8 Å². The predicted octanol–water partition coefficient (Wildman–Crippen LogP) is 2.54. The van der Waals surface area contributed by atoms with Gasteiger partial charge in [-0.2, -0.15) is 0 Å². The molecule has 2 N–H and O–H groups in total. The highest BCUT2D eigenvalue weighted by Crippen LogP contribution is 2.18. The molecule has 116 valence electrons. The van der Waals surface area contributed by atoms with Crippen molar-refractivity contribution in [2.75, 3.05) is 36.0 Å². The Kier molecular flexibility index (Phi) is 4.21. The van der Waals surface area contributed by atoms with Crippen molar-refractivity contribution in [3.63, 3.8) is 0 Å². The molecule has 0 amide bonds. The standard InChI is InChI=1S/C14H18N6S2/c1-9-7-11(17-13(21)15-9)19-3-5-20(6-4-19)12-8-10(2)16-14(22)18-12/h7-8H,3-6H2,1-2H3,(H,15,17,21)(H,16,18,22). The summed E-state index contributed by atoms with van der Waals surface area (Å²) < 4.78 is 1.06. The van der Waals surface area contributed by atoms with Crippen molar-refractivity contribution in [1.29, 1.82) is 0 Å². The van der Waals surface area contributed by atoms with Crippen LogP contribution in [0.5, 0.6) is 0 Å². The van der Waals surface area contributed by atoms with E-state index in [1.165, 1.54) is 0 Å². The summed E-state index contributed by atoms with van der Waals surface area (Å²) in [5.41, 5.74) is 2.06. The van der Waals surface area contributed by atoms with Crippen molar-refractivity contribution in [1.82, 2.24) is 19.9 Å². The van der Waals surface area contributed by atoms with Crippen molar-refractivity contribution in [3.8, 4) is 0 Å². The zero-order chi connectivity index (χ0) is 15.7. The first-order valence-electron chi connectivity index (χ1n) is 7.17. The molecule has 0 radical (unpaired) electrons. The van der Waals surface area contributed by atoms with Crippen LogP contribution in [0, 0.1) is 23.4 Å². The number of hydrogen-bond donors (Lipinski definition) is 2. The SMILES string of the molecule is Cc1cc(N2CCN(c3cc(C)[nH]c(=S)n3)CC2)nc(=S)[nH]1. The molecule has 0 aromatic carbocycles. The highest BCUT2D eigenvalue weighted by molar-refractivity contribution is 7.71. The normalized spacial score (nSPS) is 15.2. The third kappa shape index (κ3) is 3.33. The smallest absolute Gasteiger partial charge is 0.198 e. The Balaban J connectivity index is 1.74. The first-order valence-corrected chi connectivity index (χ1v) is 7.99. The van der Waals surface area contributed by atoms with E-state index in [-0.39, 0.29) is 0 Å². The highest BCUT2D eigenvalue weighted by atomic mass is 32.1. The second kappa shape index (κ2) is 6.13. The van der Waals surface area contributed by atoms with Crippen LogP contribution in [0.1, 0.15) is 11.4 Å². The van der Waals surface area contributed by atoms with E-state index < -0.39 is 0 Å². The van der Waals surface area contributed by atoms with Crippen LogP contribution in [0.4, 0.5) is 11.6 Å². The van der Waals surface area contributed by atoms with E-state index >= 15 is 0 Å². The lowest BCUT2D eigenvalue weighted by molar-refractivity contribution is 0.638. The van der Waals surface area contributed by atoms with Gasteiger partial charge < -0.3 is 19.8 Å². The quantitative estimate of drug-likeness (QED) is 0.823. The van der Waals surface area contributed by atoms with Crippen molar-refractivity contribution >= 4 is 36.1 Å². The first kappa shape index (κ1) is 15.1. The van der Waals surface area contributed by atoms with Gasteiger partial charge in [0.25, 0.3) is 0 Å². The molecule has 0 bridgehead atoms. The van der Waals surface area contributed by atoms with Crippen molar-refractivity contribution in [2.45, 2.75) is 13.8 Å². The van der Waals surface area contributed by atoms with Crippen LogP contribution >= 0.6 is 24.4 Å². The van der Waals surface area contributed by atoms with Crippen LogP contribution in [-0.4, -0.2) is 46.1 Å². The third-order valence-electron chi connectivity index (χ3n) is 3.66. The van der Waals surface area contributed by atoms with E-state index in [1.807, 2.05) is 26.0 Å². The summed E-state index contributed by atoms with van der Waals surface area (Å²) in [6.07, 6.45) is 0. The van der Waals surface area contributed by atoms with E-state index in [0.29, 0.717) is 9.54 Å². The molecule has 3 rings (SSSR count). The van der Waals surface area contributed by atoms with Crippen molar-refractivity contribution in [2.24, 2.45) is 0 Å². The van der Waals surface area contributed by atoms with Crippen LogP contribution in [-0.2, 0) is 0 Å². The Morgan fingerprint density at radius 3 is 1.50 bits per heavy atom. The predicted molar refractivity (Wildman–Crippen MR) is 92.7 cm³/mol. The Morgan fingerprint density at radius 2 is 1.18 bits per heavy atom. The third-order valence-corrected chi connectivity index (χ3v) is 4.05. The average molecular weight is 334 g/mol. The minimum Gasteiger partial charge on any atom is -0.353 e. The Bertz CT molecular complexity index is 721. The van der Waals surface area contributed by atoms with Gasteiger partial charge in [0, 0.05) is 37.6 Å². The van der Waals surface area contributed by atoms with Crippen LogP contribution in [0.15, 0.2) is 12.1 Å². The van der Waals surface area contributed by atoms with Gasteiger partial charge in [0.15, 0.2) is 9.54 Å². The second-order valence-corrected chi connectivity index (χ2v) is 6.20. The highest BCUT2D eigenvalue weighted by Gasteiger charge is 2.19. The summed E-state index contributed by atoms with van der Waals surface area (Å²) >= 11 is 10.3. The molecule has 3 heterocycles. The van der Waals surface area contributed by atoms with E-state index in [4.69, 9.17) is 24.4 Å². The molecule has 2 aromatic heterocycles. The van der Waals surface area contributed by atoms with Gasteiger partial charge in [-0.3, -0.25) is 0 Å². The van der Waals surface area contributed by atoms with Crippen LogP contribution in [0.2, 0.25) is 0 Å². The molecule has 0 saturated carbocycles. The first-order chi connectivity index (χ1) is 10.5. The Labute approximate surface area is 139 Å². The number of aromatic amines is 2. The van der Waals surface area contributed by atoms with Crippen LogP contribution in [0.25, 0.3) is 0 Å². The summed E-state index contributed by atoms with van der Waals surface area (Å²) in [6, 6.07) is 4.07. The molecule has 0 atom stereocenters. The molecular formula is C14H18N6S2. The lowest BCUT2D eigenvalue weighted by Gasteiger charge is -2.36. The molecule has 0 spiro atoms. The lowest BCUT2D eigenvalue weighted by Crippen LogP contribution is -2.47. The summed E-state index contributed by atoms with van der Waals surface area (Å²) in [6.45, 7) is 7.54. The van der Waals surface area contributed by atoms with Gasteiger partial charge in [0.05, 0.1) is 0 Å². The average Bonchev–Trinajstić information content (AvgIpc) is 2.45. The number of piperazine rings is 1. The lowest BCUT2D eigenvalue weighted by atomic mass is 10.3. The number of H-pyrrole nitrogens is 2. The molecule has 2 aromatic rings. The molecular weight excluding hydrogens is 316 g/mol. The zero-order valence-electron chi connectivity index (χ0n) is 12.6. The van der Waals surface area contributed by atoms with E-state index in [0.717, 1.165) is 49.2 Å². The fourth-order valence-electron chi connectivity index (χ4n) is 2.61. The number of nitrogens with zero attached hydrogens (tertiary/aromatic N) is 4. The van der Waals surface area contributed by atoms with Gasteiger partial charge in [-0.25, -0.2) is 9.97 Å². The Morgan fingerprint density at radius 1 is 0.818 bits per heavy atom. The molecule has 6 nitrogen and oxygen atoms in total. The number of nitrogens with one attached hydrogen (secondary N) is 2. The molecule has 1 fully saturated rings. The van der Waals surface area contributed by atoms with Gasteiger partial charge in [-0.15, -0.1) is 0 Å². The second-order valence-electron chi connectivity index (χ2n) is 5.43. The van der Waals surface area contributed by atoms with Gasteiger partial charge >= 0.3 is 0 Å². The molecule has 0 unspecified atom stereocenters. The van der Waals surface area contributed by atoms with E-state index in [9.17, 15) is 0 Å². The summed E-state index contributed by atoms with van der Waals surface area (Å²) in [7, 11) is 0. The van der Waals surface area contributed by atoms with Crippen molar-refractivity contribution in [3.05, 3.63) is 33.1 Å². The molecule has 8 heteroatoms. The van der Waals surface area contributed by atoms with E-state index in [1.54, 1.807) is 0 Å². The zero-order valence-corrected chi connectivity index (χ0v) is 14.2.